The molecule has 3 rings (SSSR count). The lowest BCUT2D eigenvalue weighted by molar-refractivity contribution is 0.0719. The van der Waals surface area contributed by atoms with E-state index in [9.17, 15) is 9.59 Å². The van der Waals surface area contributed by atoms with Gasteiger partial charge in [0.2, 0.25) is 0 Å². The van der Waals surface area contributed by atoms with Gasteiger partial charge < -0.3 is 9.47 Å². The molecule has 6 nitrogen and oxygen atoms in total. The zero-order chi connectivity index (χ0) is 17.6. The molecule has 7 heteroatoms. The summed E-state index contributed by atoms with van der Waals surface area (Å²) in [5, 5.41) is 0.141. The first-order chi connectivity index (χ1) is 12.1. The van der Waals surface area contributed by atoms with E-state index in [4.69, 9.17) is 21.1 Å². The number of rotatable bonds is 4. The predicted molar refractivity (Wildman–Crippen MR) is 89.8 cm³/mol. The van der Waals surface area contributed by atoms with Gasteiger partial charge in [0.1, 0.15) is 11.5 Å². The van der Waals surface area contributed by atoms with Gasteiger partial charge in [0.25, 0.3) is 0 Å². The SMILES string of the molecule is O=C(Oc1ccc(OC(=O)c2ccncc2)c(Cl)c1)c1ccncc1. The highest BCUT2D eigenvalue weighted by atomic mass is 35.5. The molecule has 25 heavy (non-hydrogen) atoms. The van der Waals surface area contributed by atoms with Crippen LogP contribution in [0.2, 0.25) is 5.02 Å². The van der Waals surface area contributed by atoms with E-state index < -0.39 is 11.9 Å². The van der Waals surface area contributed by atoms with Gasteiger partial charge in [-0.15, -0.1) is 0 Å². The highest BCUT2D eigenvalue weighted by Gasteiger charge is 2.13. The first kappa shape index (κ1) is 16.6. The topological polar surface area (TPSA) is 78.4 Å². The minimum Gasteiger partial charge on any atom is -0.423 e. The van der Waals surface area contributed by atoms with Crippen LogP contribution in [0, 0.1) is 0 Å². The third kappa shape index (κ3) is 4.19. The monoisotopic (exact) mass is 354 g/mol. The Bertz CT molecular complexity index is 901. The maximum atomic E-state index is 12.0. The third-order valence-corrected chi connectivity index (χ3v) is 3.44. The maximum Gasteiger partial charge on any atom is 0.343 e. The van der Waals surface area contributed by atoms with Gasteiger partial charge in [0.05, 0.1) is 16.1 Å². The first-order valence-electron chi connectivity index (χ1n) is 7.17. The number of hydrogen-bond acceptors (Lipinski definition) is 6. The zero-order valence-corrected chi connectivity index (χ0v) is 13.5. The number of hydrogen-bond donors (Lipinski definition) is 0. The number of esters is 2. The zero-order valence-electron chi connectivity index (χ0n) is 12.8. The normalized spacial score (nSPS) is 10.1. The van der Waals surface area contributed by atoms with E-state index in [2.05, 4.69) is 9.97 Å². The van der Waals surface area contributed by atoms with E-state index >= 15 is 0 Å². The molecule has 0 radical (unpaired) electrons. The van der Waals surface area contributed by atoms with E-state index in [1.165, 1.54) is 67.3 Å². The minimum absolute atomic E-state index is 0.141. The molecule has 0 unspecified atom stereocenters. The fourth-order valence-electron chi connectivity index (χ4n) is 1.93. The summed E-state index contributed by atoms with van der Waals surface area (Å²) < 4.78 is 10.5. The van der Waals surface area contributed by atoms with Crippen LogP contribution in [0.5, 0.6) is 11.5 Å². The van der Waals surface area contributed by atoms with Gasteiger partial charge >= 0.3 is 11.9 Å². The van der Waals surface area contributed by atoms with Crippen molar-refractivity contribution in [2.75, 3.05) is 0 Å². The molecule has 0 saturated carbocycles. The Morgan fingerprint density at radius 1 is 0.760 bits per heavy atom. The molecule has 124 valence electrons. The molecule has 2 aromatic heterocycles. The molecule has 0 bridgehead atoms. The summed E-state index contributed by atoms with van der Waals surface area (Å²) in [7, 11) is 0. The molecule has 0 spiro atoms. The smallest absolute Gasteiger partial charge is 0.343 e. The molecule has 0 atom stereocenters. The Morgan fingerprint density at radius 3 is 1.80 bits per heavy atom. The average molecular weight is 355 g/mol. The average Bonchev–Trinajstić information content (AvgIpc) is 2.65. The first-order valence-corrected chi connectivity index (χ1v) is 7.55. The lowest BCUT2D eigenvalue weighted by Crippen LogP contribution is -2.10. The van der Waals surface area contributed by atoms with Crippen molar-refractivity contribution in [2.45, 2.75) is 0 Å². The van der Waals surface area contributed by atoms with Crippen LogP contribution in [0.15, 0.2) is 67.3 Å². The van der Waals surface area contributed by atoms with Crippen molar-refractivity contribution in [1.82, 2.24) is 9.97 Å². The van der Waals surface area contributed by atoms with Gasteiger partial charge in [-0.05, 0) is 36.4 Å². The van der Waals surface area contributed by atoms with Gasteiger partial charge in [-0.25, -0.2) is 9.59 Å². The molecular formula is C18H11ClN2O4. The van der Waals surface area contributed by atoms with Gasteiger partial charge in [-0.2, -0.15) is 0 Å². The van der Waals surface area contributed by atoms with Crippen molar-refractivity contribution in [2.24, 2.45) is 0 Å². The number of halogens is 1. The Kier molecular flexibility index (Phi) is 5.01. The number of ether oxygens (including phenoxy) is 2. The van der Waals surface area contributed by atoms with Crippen LogP contribution in [0.1, 0.15) is 20.7 Å². The predicted octanol–water partition coefficient (Wildman–Crippen LogP) is 3.57. The molecule has 0 saturated heterocycles. The summed E-state index contributed by atoms with van der Waals surface area (Å²) in [6.45, 7) is 0. The van der Waals surface area contributed by atoms with Crippen molar-refractivity contribution in [3.8, 4) is 11.5 Å². The number of carbonyl (C=O) groups is 2. The Hall–Kier alpha value is -3.25. The number of carbonyl (C=O) groups excluding carboxylic acids is 2. The fourth-order valence-corrected chi connectivity index (χ4v) is 2.14. The molecular weight excluding hydrogens is 344 g/mol. The number of nitrogens with zero attached hydrogens (tertiary/aromatic N) is 2. The molecule has 0 aliphatic heterocycles. The summed E-state index contributed by atoms with van der Waals surface area (Å²) in [6, 6.07) is 10.5. The summed E-state index contributed by atoms with van der Waals surface area (Å²) in [5.41, 5.74) is 0.707. The van der Waals surface area contributed by atoms with E-state index in [-0.39, 0.29) is 16.5 Å². The van der Waals surface area contributed by atoms with Gasteiger partial charge in [0.15, 0.2) is 0 Å². The molecule has 2 heterocycles. The molecule has 0 aliphatic carbocycles. The van der Waals surface area contributed by atoms with Crippen LogP contribution in [-0.4, -0.2) is 21.9 Å². The van der Waals surface area contributed by atoms with E-state index in [1.807, 2.05) is 0 Å². The van der Waals surface area contributed by atoms with Crippen molar-refractivity contribution in [1.29, 1.82) is 0 Å². The Morgan fingerprint density at radius 2 is 1.28 bits per heavy atom. The minimum atomic E-state index is -0.564. The quantitative estimate of drug-likeness (QED) is 0.526. The highest BCUT2D eigenvalue weighted by molar-refractivity contribution is 6.32. The molecule has 0 aliphatic rings. The summed E-state index contributed by atoms with van der Waals surface area (Å²) >= 11 is 6.10. The van der Waals surface area contributed by atoms with Gasteiger partial charge in [-0.1, -0.05) is 11.6 Å². The second-order valence-corrected chi connectivity index (χ2v) is 5.25. The van der Waals surface area contributed by atoms with Gasteiger partial charge in [0, 0.05) is 30.9 Å². The van der Waals surface area contributed by atoms with Crippen LogP contribution in [0.25, 0.3) is 0 Å². The highest BCUT2D eigenvalue weighted by Crippen LogP contribution is 2.29. The summed E-state index contributed by atoms with van der Waals surface area (Å²) in [5.74, 6) is -0.714. The fraction of sp³-hybridized carbons (Fsp3) is 0. The largest absolute Gasteiger partial charge is 0.423 e. The lowest BCUT2D eigenvalue weighted by Gasteiger charge is -2.08. The van der Waals surface area contributed by atoms with Crippen molar-refractivity contribution in [3.63, 3.8) is 0 Å². The standard InChI is InChI=1S/C18H11ClN2O4/c19-15-11-14(24-17(22)12-3-7-20-8-4-12)1-2-16(15)25-18(23)13-5-9-21-10-6-13/h1-11H. The maximum absolute atomic E-state index is 12.0. The van der Waals surface area contributed by atoms with Crippen LogP contribution in [0.3, 0.4) is 0 Å². The summed E-state index contributed by atoms with van der Waals surface area (Å²) in [6.07, 6.45) is 5.95. The second-order valence-electron chi connectivity index (χ2n) is 4.84. The second kappa shape index (κ2) is 7.55. The van der Waals surface area contributed by atoms with Crippen LogP contribution >= 0.6 is 11.6 Å². The number of aromatic nitrogens is 2. The van der Waals surface area contributed by atoms with E-state index in [1.54, 1.807) is 0 Å². The van der Waals surface area contributed by atoms with Crippen LogP contribution < -0.4 is 9.47 Å². The van der Waals surface area contributed by atoms with E-state index in [0.29, 0.717) is 11.1 Å². The molecule has 3 aromatic rings. The Labute approximate surface area is 148 Å². The van der Waals surface area contributed by atoms with Crippen LogP contribution in [-0.2, 0) is 0 Å². The van der Waals surface area contributed by atoms with Crippen molar-refractivity contribution >= 4 is 23.5 Å². The van der Waals surface area contributed by atoms with Crippen molar-refractivity contribution in [3.05, 3.63) is 83.4 Å². The molecule has 0 amide bonds. The molecule has 0 N–H and O–H groups in total. The molecule has 1 aromatic carbocycles. The lowest BCUT2D eigenvalue weighted by atomic mass is 10.2. The third-order valence-electron chi connectivity index (χ3n) is 3.15. The number of pyridine rings is 2. The van der Waals surface area contributed by atoms with E-state index in [0.717, 1.165) is 0 Å². The molecule has 0 fully saturated rings. The van der Waals surface area contributed by atoms with Gasteiger partial charge in [-0.3, -0.25) is 9.97 Å². The number of benzene rings is 1. The Balaban J connectivity index is 1.71. The summed E-state index contributed by atoms with van der Waals surface area (Å²) in [4.78, 5) is 31.7. The van der Waals surface area contributed by atoms with Crippen LogP contribution in [0.4, 0.5) is 0 Å². The van der Waals surface area contributed by atoms with Crippen molar-refractivity contribution < 1.29 is 19.1 Å².